The molecule has 0 aliphatic rings. The number of aryl methyl sites for hydroxylation is 1. The van der Waals surface area contributed by atoms with Crippen LogP contribution >= 0.6 is 11.6 Å². The van der Waals surface area contributed by atoms with Gasteiger partial charge in [0.1, 0.15) is 0 Å². The lowest BCUT2D eigenvalue weighted by atomic mass is 10.1. The monoisotopic (exact) mass is 205 g/mol. The van der Waals surface area contributed by atoms with E-state index in [9.17, 15) is 0 Å². The Bertz CT molecular complexity index is 451. The van der Waals surface area contributed by atoms with Crippen LogP contribution in [0.4, 0.5) is 0 Å². The second-order valence-electron chi connectivity index (χ2n) is 3.40. The number of pyridine rings is 1. The van der Waals surface area contributed by atoms with Crippen LogP contribution in [-0.2, 0) is 6.42 Å². The van der Waals surface area contributed by atoms with Gasteiger partial charge in [-0.25, -0.2) is 0 Å². The van der Waals surface area contributed by atoms with Crippen LogP contribution in [0.25, 0.3) is 10.9 Å². The fraction of sp³-hybridized carbons (Fsp3) is 0.250. The molecule has 0 N–H and O–H groups in total. The number of nitrogens with zero attached hydrogens (tertiary/aromatic N) is 1. The summed E-state index contributed by atoms with van der Waals surface area (Å²) in [5.74, 6) is 0. The highest BCUT2D eigenvalue weighted by Gasteiger charge is 2.01. The first-order valence-corrected chi connectivity index (χ1v) is 5.22. The van der Waals surface area contributed by atoms with Gasteiger partial charge in [0.05, 0.1) is 10.5 Å². The third-order valence-electron chi connectivity index (χ3n) is 2.26. The van der Waals surface area contributed by atoms with Gasteiger partial charge in [0, 0.05) is 11.6 Å². The second kappa shape index (κ2) is 3.97. The molecule has 1 aromatic carbocycles. The number of aromatic nitrogens is 1. The first-order valence-electron chi connectivity index (χ1n) is 4.84. The third kappa shape index (κ3) is 1.73. The van der Waals surface area contributed by atoms with Gasteiger partial charge in [-0.2, -0.15) is 0 Å². The van der Waals surface area contributed by atoms with Crippen molar-refractivity contribution in [3.63, 3.8) is 0 Å². The predicted octanol–water partition coefficient (Wildman–Crippen LogP) is 3.84. The first-order chi connectivity index (χ1) is 6.81. The highest BCUT2D eigenvalue weighted by Crippen LogP contribution is 2.23. The summed E-state index contributed by atoms with van der Waals surface area (Å²) in [6, 6.07) is 8.17. The number of rotatable bonds is 2. The molecule has 0 unspecified atom stereocenters. The molecule has 1 nitrogen and oxygen atoms in total. The summed E-state index contributed by atoms with van der Waals surface area (Å²) in [6.45, 7) is 2.17. The fourth-order valence-corrected chi connectivity index (χ4v) is 1.94. The molecular formula is C12H12ClN. The highest BCUT2D eigenvalue weighted by molar-refractivity contribution is 6.35. The maximum Gasteiger partial charge on any atom is 0.0888 e. The molecule has 1 heterocycles. The average Bonchev–Trinajstić information content (AvgIpc) is 2.18. The largest absolute Gasteiger partial charge is 0.255 e. The van der Waals surface area contributed by atoms with Gasteiger partial charge in [-0.1, -0.05) is 31.0 Å². The zero-order valence-corrected chi connectivity index (χ0v) is 8.88. The number of hydrogen-bond acceptors (Lipinski definition) is 1. The van der Waals surface area contributed by atoms with E-state index in [4.69, 9.17) is 11.6 Å². The molecular weight excluding hydrogens is 194 g/mol. The van der Waals surface area contributed by atoms with E-state index in [1.54, 1.807) is 6.20 Å². The van der Waals surface area contributed by atoms with Crippen LogP contribution in [-0.4, -0.2) is 4.98 Å². The Labute approximate surface area is 88.7 Å². The van der Waals surface area contributed by atoms with Gasteiger partial charge in [-0.3, -0.25) is 4.98 Å². The van der Waals surface area contributed by atoms with Crippen LogP contribution in [0.1, 0.15) is 18.9 Å². The minimum absolute atomic E-state index is 0.756. The Morgan fingerprint density at radius 2 is 2.21 bits per heavy atom. The van der Waals surface area contributed by atoms with Crippen molar-refractivity contribution in [2.45, 2.75) is 19.8 Å². The van der Waals surface area contributed by atoms with Crippen LogP contribution in [0.2, 0.25) is 5.02 Å². The summed E-state index contributed by atoms with van der Waals surface area (Å²) in [4.78, 5) is 4.25. The summed E-state index contributed by atoms with van der Waals surface area (Å²) < 4.78 is 0. The zero-order chi connectivity index (χ0) is 9.97. The van der Waals surface area contributed by atoms with Crippen molar-refractivity contribution in [3.05, 3.63) is 41.0 Å². The summed E-state index contributed by atoms with van der Waals surface area (Å²) in [5.41, 5.74) is 2.19. The highest BCUT2D eigenvalue weighted by atomic mass is 35.5. The minimum Gasteiger partial charge on any atom is -0.255 e. The molecule has 0 saturated heterocycles. The average molecular weight is 206 g/mol. The van der Waals surface area contributed by atoms with Gasteiger partial charge in [0.2, 0.25) is 0 Å². The van der Waals surface area contributed by atoms with Gasteiger partial charge >= 0.3 is 0 Å². The topological polar surface area (TPSA) is 12.9 Å². The molecule has 0 amide bonds. The maximum absolute atomic E-state index is 6.14. The Morgan fingerprint density at radius 1 is 1.36 bits per heavy atom. The van der Waals surface area contributed by atoms with Crippen molar-refractivity contribution in [2.24, 2.45) is 0 Å². The van der Waals surface area contributed by atoms with Gasteiger partial charge in [-0.05, 0) is 30.2 Å². The standard InChI is InChI=1S/C12H12ClN/c1-2-4-9-7-10-5-3-6-14-12(10)11(13)8-9/h3,5-8H,2,4H2,1H3. The predicted molar refractivity (Wildman–Crippen MR) is 60.7 cm³/mol. The lowest BCUT2D eigenvalue weighted by Crippen LogP contribution is -1.86. The van der Waals surface area contributed by atoms with Crippen molar-refractivity contribution >= 4 is 22.5 Å². The lowest BCUT2D eigenvalue weighted by molar-refractivity contribution is 0.923. The lowest BCUT2D eigenvalue weighted by Gasteiger charge is -2.03. The molecule has 0 saturated carbocycles. The molecule has 0 atom stereocenters. The first kappa shape index (κ1) is 9.47. The van der Waals surface area contributed by atoms with Crippen LogP contribution < -0.4 is 0 Å². The second-order valence-corrected chi connectivity index (χ2v) is 3.81. The number of halogens is 1. The molecule has 72 valence electrons. The van der Waals surface area contributed by atoms with E-state index in [0.717, 1.165) is 28.8 Å². The Morgan fingerprint density at radius 3 is 3.00 bits per heavy atom. The molecule has 1 aromatic heterocycles. The van der Waals surface area contributed by atoms with Crippen LogP contribution in [0, 0.1) is 0 Å². The third-order valence-corrected chi connectivity index (χ3v) is 2.54. The summed E-state index contributed by atoms with van der Waals surface area (Å²) in [5, 5.41) is 1.88. The maximum atomic E-state index is 6.14. The molecule has 0 spiro atoms. The summed E-state index contributed by atoms with van der Waals surface area (Å²) >= 11 is 6.14. The van der Waals surface area contributed by atoms with Crippen molar-refractivity contribution < 1.29 is 0 Å². The molecule has 0 radical (unpaired) electrons. The van der Waals surface area contributed by atoms with Crippen molar-refractivity contribution in [3.8, 4) is 0 Å². The molecule has 0 aliphatic carbocycles. The van der Waals surface area contributed by atoms with Crippen LogP contribution in [0.15, 0.2) is 30.5 Å². The molecule has 14 heavy (non-hydrogen) atoms. The number of fused-ring (bicyclic) bond motifs is 1. The SMILES string of the molecule is CCCc1cc(Cl)c2ncccc2c1. The number of benzene rings is 1. The van der Waals surface area contributed by atoms with Crippen LogP contribution in [0.5, 0.6) is 0 Å². The normalized spacial score (nSPS) is 10.7. The van der Waals surface area contributed by atoms with Crippen molar-refractivity contribution in [2.75, 3.05) is 0 Å². The Hall–Kier alpha value is -1.08. The molecule has 2 heteroatoms. The fourth-order valence-electron chi connectivity index (χ4n) is 1.64. The van der Waals surface area contributed by atoms with Gasteiger partial charge in [-0.15, -0.1) is 0 Å². The van der Waals surface area contributed by atoms with Crippen molar-refractivity contribution in [1.82, 2.24) is 4.98 Å². The van der Waals surface area contributed by atoms with E-state index in [-0.39, 0.29) is 0 Å². The van der Waals surface area contributed by atoms with E-state index in [2.05, 4.69) is 18.0 Å². The van der Waals surface area contributed by atoms with E-state index < -0.39 is 0 Å². The Kier molecular flexibility index (Phi) is 2.69. The molecule has 2 rings (SSSR count). The van der Waals surface area contributed by atoms with E-state index in [1.807, 2.05) is 18.2 Å². The van der Waals surface area contributed by atoms with E-state index in [0.29, 0.717) is 0 Å². The van der Waals surface area contributed by atoms with E-state index >= 15 is 0 Å². The van der Waals surface area contributed by atoms with Gasteiger partial charge in [0.15, 0.2) is 0 Å². The zero-order valence-electron chi connectivity index (χ0n) is 8.13. The molecule has 0 aliphatic heterocycles. The van der Waals surface area contributed by atoms with E-state index in [1.165, 1.54) is 5.56 Å². The minimum atomic E-state index is 0.756. The van der Waals surface area contributed by atoms with Crippen molar-refractivity contribution in [1.29, 1.82) is 0 Å². The molecule has 2 aromatic rings. The van der Waals surface area contributed by atoms with Gasteiger partial charge < -0.3 is 0 Å². The molecule has 0 fully saturated rings. The van der Waals surface area contributed by atoms with Crippen LogP contribution in [0.3, 0.4) is 0 Å². The quantitative estimate of drug-likeness (QED) is 0.726. The number of hydrogen-bond donors (Lipinski definition) is 0. The van der Waals surface area contributed by atoms with Gasteiger partial charge in [0.25, 0.3) is 0 Å². The molecule has 0 bridgehead atoms. The summed E-state index contributed by atoms with van der Waals surface area (Å²) in [7, 11) is 0. The summed E-state index contributed by atoms with van der Waals surface area (Å²) in [6.07, 6.45) is 3.99. The Balaban J connectivity index is 2.60. The smallest absolute Gasteiger partial charge is 0.0888 e.